The average molecular weight is 272 g/mol. The summed E-state index contributed by atoms with van der Waals surface area (Å²) in [4.78, 5) is 14.5. The van der Waals surface area contributed by atoms with Gasteiger partial charge in [0.25, 0.3) is 0 Å². The predicted molar refractivity (Wildman–Crippen MR) is 80.0 cm³/mol. The SMILES string of the molecule is CCC1CCNC(C(=O)N(C)C(CC)CSC)C1. The second-order valence-corrected chi connectivity index (χ2v) is 6.18. The van der Waals surface area contributed by atoms with Crippen LogP contribution < -0.4 is 5.32 Å². The van der Waals surface area contributed by atoms with Gasteiger partial charge in [-0.15, -0.1) is 0 Å². The highest BCUT2D eigenvalue weighted by Crippen LogP contribution is 2.21. The summed E-state index contributed by atoms with van der Waals surface area (Å²) in [5.41, 5.74) is 0. The third-order valence-electron chi connectivity index (χ3n) is 4.11. The maximum absolute atomic E-state index is 12.5. The molecule has 1 N–H and O–H groups in total. The minimum absolute atomic E-state index is 0.0459. The van der Waals surface area contributed by atoms with E-state index in [0.29, 0.717) is 12.0 Å². The van der Waals surface area contributed by atoms with E-state index in [-0.39, 0.29) is 11.9 Å². The summed E-state index contributed by atoms with van der Waals surface area (Å²) in [6.45, 7) is 5.37. The summed E-state index contributed by atoms with van der Waals surface area (Å²) in [6, 6.07) is 0.418. The Labute approximate surface area is 116 Å². The Morgan fingerprint density at radius 2 is 2.22 bits per heavy atom. The van der Waals surface area contributed by atoms with E-state index in [2.05, 4.69) is 25.4 Å². The minimum Gasteiger partial charge on any atom is -0.341 e. The molecule has 0 aliphatic carbocycles. The normalized spacial score (nSPS) is 25.8. The fraction of sp³-hybridized carbons (Fsp3) is 0.929. The van der Waals surface area contributed by atoms with Crippen molar-refractivity contribution in [1.29, 1.82) is 0 Å². The molecule has 1 aliphatic heterocycles. The maximum Gasteiger partial charge on any atom is 0.239 e. The molecule has 0 spiro atoms. The monoisotopic (exact) mass is 272 g/mol. The number of thioether (sulfide) groups is 1. The summed E-state index contributed by atoms with van der Waals surface area (Å²) in [5.74, 6) is 2.03. The molecule has 1 fully saturated rings. The highest BCUT2D eigenvalue weighted by atomic mass is 32.2. The standard InChI is InChI=1S/C14H28N2OS/c1-5-11-7-8-15-13(9-11)14(17)16(3)12(6-2)10-18-4/h11-13,15H,5-10H2,1-4H3. The zero-order valence-electron chi connectivity index (χ0n) is 12.2. The van der Waals surface area contributed by atoms with Gasteiger partial charge < -0.3 is 10.2 Å². The molecule has 0 aromatic carbocycles. The summed E-state index contributed by atoms with van der Waals surface area (Å²) in [7, 11) is 1.96. The van der Waals surface area contributed by atoms with Gasteiger partial charge in [0.15, 0.2) is 0 Å². The topological polar surface area (TPSA) is 32.3 Å². The molecular formula is C14H28N2OS. The molecule has 3 unspecified atom stereocenters. The summed E-state index contributed by atoms with van der Waals surface area (Å²) < 4.78 is 0. The van der Waals surface area contributed by atoms with Crippen LogP contribution in [-0.4, -0.2) is 48.5 Å². The van der Waals surface area contributed by atoms with Crippen LogP contribution in [0.1, 0.15) is 39.5 Å². The molecule has 1 saturated heterocycles. The Morgan fingerprint density at radius 3 is 2.78 bits per heavy atom. The quantitative estimate of drug-likeness (QED) is 0.805. The molecule has 1 aliphatic rings. The molecule has 1 rings (SSSR count). The zero-order chi connectivity index (χ0) is 13.5. The van der Waals surface area contributed by atoms with Crippen LogP contribution >= 0.6 is 11.8 Å². The van der Waals surface area contributed by atoms with E-state index in [4.69, 9.17) is 0 Å². The van der Waals surface area contributed by atoms with E-state index in [9.17, 15) is 4.79 Å². The Morgan fingerprint density at radius 1 is 1.50 bits per heavy atom. The average Bonchev–Trinajstić information content (AvgIpc) is 2.43. The third-order valence-corrected chi connectivity index (χ3v) is 4.83. The van der Waals surface area contributed by atoms with E-state index in [1.165, 1.54) is 12.8 Å². The molecule has 106 valence electrons. The second-order valence-electron chi connectivity index (χ2n) is 5.27. The molecule has 0 bridgehead atoms. The largest absolute Gasteiger partial charge is 0.341 e. The van der Waals surface area contributed by atoms with E-state index >= 15 is 0 Å². The van der Waals surface area contributed by atoms with Gasteiger partial charge in [-0.2, -0.15) is 11.8 Å². The number of hydrogen-bond donors (Lipinski definition) is 1. The van der Waals surface area contributed by atoms with E-state index in [0.717, 1.165) is 25.1 Å². The number of amides is 1. The third kappa shape index (κ3) is 4.16. The Bertz CT molecular complexity index is 256. The molecule has 0 aromatic heterocycles. The number of nitrogens with zero attached hydrogens (tertiary/aromatic N) is 1. The van der Waals surface area contributed by atoms with Crippen molar-refractivity contribution in [3.8, 4) is 0 Å². The van der Waals surface area contributed by atoms with Gasteiger partial charge in [-0.3, -0.25) is 4.79 Å². The van der Waals surface area contributed by atoms with Gasteiger partial charge >= 0.3 is 0 Å². The van der Waals surface area contributed by atoms with Gasteiger partial charge in [-0.05, 0) is 38.0 Å². The van der Waals surface area contributed by atoms with Crippen molar-refractivity contribution in [1.82, 2.24) is 10.2 Å². The molecule has 1 heterocycles. The van der Waals surface area contributed by atoms with Crippen LogP contribution in [0.4, 0.5) is 0 Å². The lowest BCUT2D eigenvalue weighted by atomic mass is 9.89. The van der Waals surface area contributed by atoms with Crippen LogP contribution in [0.2, 0.25) is 0 Å². The van der Waals surface area contributed by atoms with Crippen LogP contribution in [0.25, 0.3) is 0 Å². The van der Waals surface area contributed by atoms with Gasteiger partial charge in [-0.25, -0.2) is 0 Å². The number of rotatable bonds is 6. The van der Waals surface area contributed by atoms with Crippen LogP contribution in [0.3, 0.4) is 0 Å². The van der Waals surface area contributed by atoms with Crippen molar-refractivity contribution < 1.29 is 4.79 Å². The molecule has 1 amide bonds. The molecule has 4 heteroatoms. The first-order chi connectivity index (χ1) is 8.63. The van der Waals surface area contributed by atoms with Crippen LogP contribution in [0.5, 0.6) is 0 Å². The van der Waals surface area contributed by atoms with Gasteiger partial charge in [0.05, 0.1) is 6.04 Å². The van der Waals surface area contributed by atoms with Crippen molar-refractivity contribution >= 4 is 17.7 Å². The highest BCUT2D eigenvalue weighted by molar-refractivity contribution is 7.98. The van der Waals surface area contributed by atoms with Crippen LogP contribution in [0.15, 0.2) is 0 Å². The lowest BCUT2D eigenvalue weighted by molar-refractivity contribution is -0.134. The molecule has 0 saturated carbocycles. The lowest BCUT2D eigenvalue weighted by Gasteiger charge is -2.34. The summed E-state index contributed by atoms with van der Waals surface area (Å²) in [6.07, 6.45) is 6.55. The summed E-state index contributed by atoms with van der Waals surface area (Å²) >= 11 is 1.82. The zero-order valence-corrected chi connectivity index (χ0v) is 13.1. The van der Waals surface area contributed by atoms with Crippen molar-refractivity contribution in [3.05, 3.63) is 0 Å². The van der Waals surface area contributed by atoms with Crippen LogP contribution in [0, 0.1) is 5.92 Å². The highest BCUT2D eigenvalue weighted by Gasteiger charge is 2.30. The lowest BCUT2D eigenvalue weighted by Crippen LogP contribution is -2.52. The number of likely N-dealkylation sites (N-methyl/N-ethyl adjacent to an activating group) is 1. The van der Waals surface area contributed by atoms with E-state index in [1.807, 2.05) is 23.7 Å². The van der Waals surface area contributed by atoms with Crippen molar-refractivity contribution in [3.63, 3.8) is 0 Å². The van der Waals surface area contributed by atoms with Crippen LogP contribution in [-0.2, 0) is 4.79 Å². The first-order valence-corrected chi connectivity index (χ1v) is 8.52. The molecule has 0 radical (unpaired) electrons. The number of carbonyl (C=O) groups is 1. The second kappa shape index (κ2) is 8.05. The smallest absolute Gasteiger partial charge is 0.239 e. The fourth-order valence-corrected chi connectivity index (χ4v) is 3.52. The predicted octanol–water partition coefficient (Wildman–Crippen LogP) is 2.36. The summed E-state index contributed by atoms with van der Waals surface area (Å²) in [5, 5.41) is 3.39. The molecule has 0 aromatic rings. The molecule has 18 heavy (non-hydrogen) atoms. The maximum atomic E-state index is 12.5. The van der Waals surface area contributed by atoms with Crippen molar-refractivity contribution in [2.24, 2.45) is 5.92 Å². The first-order valence-electron chi connectivity index (χ1n) is 7.12. The Hall–Kier alpha value is -0.220. The van der Waals surface area contributed by atoms with Crippen molar-refractivity contribution in [2.75, 3.05) is 25.6 Å². The van der Waals surface area contributed by atoms with Crippen molar-refractivity contribution in [2.45, 2.75) is 51.6 Å². The fourth-order valence-electron chi connectivity index (χ4n) is 2.68. The minimum atomic E-state index is 0.0459. The van der Waals surface area contributed by atoms with Gasteiger partial charge in [0, 0.05) is 18.8 Å². The Kier molecular flexibility index (Phi) is 7.08. The Balaban J connectivity index is 2.56. The number of nitrogens with one attached hydrogen (secondary N) is 1. The number of piperidine rings is 1. The van der Waals surface area contributed by atoms with Gasteiger partial charge in [0.2, 0.25) is 5.91 Å². The van der Waals surface area contributed by atoms with E-state index in [1.54, 1.807) is 0 Å². The first kappa shape index (κ1) is 15.8. The number of carbonyl (C=O) groups excluding carboxylic acids is 1. The molecule has 3 atom stereocenters. The van der Waals surface area contributed by atoms with E-state index < -0.39 is 0 Å². The van der Waals surface area contributed by atoms with Gasteiger partial charge in [0.1, 0.15) is 0 Å². The molecule has 3 nitrogen and oxygen atoms in total. The number of hydrogen-bond acceptors (Lipinski definition) is 3. The molecular weight excluding hydrogens is 244 g/mol. The van der Waals surface area contributed by atoms with Gasteiger partial charge in [-0.1, -0.05) is 20.3 Å².